The van der Waals surface area contributed by atoms with Crippen LogP contribution in [0.3, 0.4) is 0 Å². The maximum atomic E-state index is 12.9. The number of hydrogen-bond donors (Lipinski definition) is 1. The summed E-state index contributed by atoms with van der Waals surface area (Å²) < 4.78 is 6.04. The smallest absolute Gasteiger partial charge is 0.410 e. The normalized spacial score (nSPS) is 38.6. The van der Waals surface area contributed by atoms with Gasteiger partial charge in [-0.05, 0) is 75.3 Å². The summed E-state index contributed by atoms with van der Waals surface area (Å²) in [7, 11) is 0. The van der Waals surface area contributed by atoms with Crippen LogP contribution in [0.25, 0.3) is 0 Å². The highest BCUT2D eigenvalue weighted by Gasteiger charge is 2.59. The molecule has 28 heavy (non-hydrogen) atoms. The van der Waals surface area contributed by atoms with Crippen molar-refractivity contribution in [3.63, 3.8) is 0 Å². The van der Waals surface area contributed by atoms with Crippen LogP contribution in [0.15, 0.2) is 12.1 Å². The van der Waals surface area contributed by atoms with Crippen LogP contribution in [0.4, 0.5) is 4.79 Å². The highest BCUT2D eigenvalue weighted by Crippen LogP contribution is 2.60. The molecule has 4 saturated carbocycles. The van der Waals surface area contributed by atoms with Gasteiger partial charge in [-0.3, -0.25) is 4.79 Å². The molecule has 5 fully saturated rings. The van der Waals surface area contributed by atoms with E-state index in [0.717, 1.165) is 49.9 Å². The van der Waals surface area contributed by atoms with Crippen molar-refractivity contribution in [2.24, 2.45) is 28.9 Å². The lowest BCUT2D eigenvalue weighted by Crippen LogP contribution is -2.59. The predicted molar refractivity (Wildman–Crippen MR) is 101 cm³/mol. The Morgan fingerprint density at radius 1 is 1.18 bits per heavy atom. The zero-order valence-electron chi connectivity index (χ0n) is 16.3. The van der Waals surface area contributed by atoms with E-state index in [1.165, 1.54) is 0 Å². The summed E-state index contributed by atoms with van der Waals surface area (Å²) in [6, 6.07) is 3.97. The Morgan fingerprint density at radius 3 is 2.57 bits per heavy atom. The van der Waals surface area contributed by atoms with Gasteiger partial charge < -0.3 is 15.4 Å². The fourth-order valence-corrected chi connectivity index (χ4v) is 6.46. The van der Waals surface area contributed by atoms with Crippen LogP contribution >= 0.6 is 0 Å². The minimum absolute atomic E-state index is 0.0604. The van der Waals surface area contributed by atoms with Crippen LogP contribution in [-0.4, -0.2) is 46.3 Å². The van der Waals surface area contributed by atoms with Gasteiger partial charge in [0.1, 0.15) is 6.10 Å². The first-order valence-electron chi connectivity index (χ1n) is 10.5. The number of ether oxygens (including phenoxy) is 1. The van der Waals surface area contributed by atoms with Crippen molar-refractivity contribution >= 4 is 12.0 Å². The van der Waals surface area contributed by atoms with Gasteiger partial charge in [0.05, 0.1) is 16.8 Å². The first kappa shape index (κ1) is 17.9. The molecule has 2 amide bonds. The molecule has 2 N–H and O–H groups in total. The van der Waals surface area contributed by atoms with Gasteiger partial charge in [-0.2, -0.15) is 10.2 Å². The molecule has 1 aromatic rings. The summed E-state index contributed by atoms with van der Waals surface area (Å²) in [6.07, 6.45) is 5.24. The van der Waals surface area contributed by atoms with E-state index < -0.39 is 0 Å². The number of nitrogens with two attached hydrogens (primary N) is 1. The van der Waals surface area contributed by atoms with E-state index in [4.69, 9.17) is 10.5 Å². The lowest BCUT2D eigenvalue weighted by atomic mass is 9.48. The summed E-state index contributed by atoms with van der Waals surface area (Å²) in [4.78, 5) is 26.7. The number of rotatable bonds is 3. The molecule has 6 rings (SSSR count). The fraction of sp³-hybridized carbons (Fsp3) is 0.714. The van der Waals surface area contributed by atoms with Gasteiger partial charge in [-0.1, -0.05) is 0 Å². The summed E-state index contributed by atoms with van der Waals surface area (Å²) in [5.74, 6) is 1.19. The van der Waals surface area contributed by atoms with Crippen molar-refractivity contribution in [1.82, 2.24) is 15.1 Å². The molecular formula is C21H28N4O3. The van der Waals surface area contributed by atoms with Crippen LogP contribution in [0, 0.1) is 30.1 Å². The van der Waals surface area contributed by atoms with Crippen LogP contribution in [0.2, 0.25) is 0 Å². The predicted octanol–water partition coefficient (Wildman–Crippen LogP) is 2.39. The number of aromatic nitrogens is 2. The summed E-state index contributed by atoms with van der Waals surface area (Å²) in [6.45, 7) is 3.24. The number of carbonyl (C=O) groups is 2. The maximum Gasteiger partial charge on any atom is 0.410 e. The number of nitrogens with zero attached hydrogens (tertiary/aromatic N) is 3. The number of likely N-dealkylation sites (tertiary alicyclic amines) is 1. The van der Waals surface area contributed by atoms with E-state index in [0.29, 0.717) is 19.0 Å². The second kappa shape index (κ2) is 6.42. The Hall–Kier alpha value is -2.18. The van der Waals surface area contributed by atoms with E-state index >= 15 is 0 Å². The van der Waals surface area contributed by atoms with Crippen LogP contribution in [0.5, 0.6) is 0 Å². The Labute approximate surface area is 165 Å². The Kier molecular flexibility index (Phi) is 4.10. The molecule has 0 aromatic carbocycles. The first-order valence-corrected chi connectivity index (χ1v) is 10.5. The lowest BCUT2D eigenvalue weighted by molar-refractivity contribution is -0.161. The molecular weight excluding hydrogens is 356 g/mol. The van der Waals surface area contributed by atoms with Crippen molar-refractivity contribution in [3.05, 3.63) is 23.5 Å². The monoisotopic (exact) mass is 384 g/mol. The molecule has 1 aromatic heterocycles. The Bertz CT molecular complexity index is 779. The van der Waals surface area contributed by atoms with Crippen LogP contribution < -0.4 is 5.73 Å². The van der Waals surface area contributed by atoms with Gasteiger partial charge in [0.15, 0.2) is 0 Å². The van der Waals surface area contributed by atoms with Gasteiger partial charge in [-0.15, -0.1) is 0 Å². The van der Waals surface area contributed by atoms with Gasteiger partial charge in [-0.25, -0.2) is 4.79 Å². The van der Waals surface area contributed by atoms with E-state index in [9.17, 15) is 9.59 Å². The highest BCUT2D eigenvalue weighted by molar-refractivity contribution is 5.81. The molecule has 1 saturated heterocycles. The third-order valence-electron chi connectivity index (χ3n) is 7.63. The van der Waals surface area contributed by atoms with Crippen molar-refractivity contribution < 1.29 is 14.3 Å². The Morgan fingerprint density at radius 2 is 1.93 bits per heavy atom. The molecule has 7 nitrogen and oxygen atoms in total. The molecule has 1 aliphatic heterocycles. The number of hydrogen-bond acceptors (Lipinski definition) is 5. The van der Waals surface area contributed by atoms with E-state index in [2.05, 4.69) is 10.2 Å². The summed E-state index contributed by atoms with van der Waals surface area (Å²) in [5.41, 5.74) is 7.25. The average molecular weight is 384 g/mol. The second-order valence-electron chi connectivity index (χ2n) is 9.49. The van der Waals surface area contributed by atoms with E-state index in [1.807, 2.05) is 19.1 Å². The van der Waals surface area contributed by atoms with Crippen molar-refractivity contribution in [1.29, 1.82) is 0 Å². The van der Waals surface area contributed by atoms with Crippen molar-refractivity contribution in [2.45, 2.75) is 57.5 Å². The third kappa shape index (κ3) is 2.86. The molecule has 5 aliphatic rings. The van der Waals surface area contributed by atoms with Crippen LogP contribution in [0.1, 0.15) is 55.8 Å². The van der Waals surface area contributed by atoms with Crippen LogP contribution in [-0.2, 0) is 9.53 Å². The molecule has 3 atom stereocenters. The molecule has 0 radical (unpaired) electrons. The minimum atomic E-state index is -0.345. The molecule has 4 aliphatic carbocycles. The number of primary amides is 1. The van der Waals surface area contributed by atoms with Crippen molar-refractivity contribution in [2.75, 3.05) is 13.1 Å². The zero-order valence-corrected chi connectivity index (χ0v) is 16.3. The average Bonchev–Trinajstić information content (AvgIpc) is 3.15. The third-order valence-corrected chi connectivity index (χ3v) is 7.63. The summed E-state index contributed by atoms with van der Waals surface area (Å²) in [5, 5.41) is 8.42. The lowest BCUT2D eigenvalue weighted by Gasteiger charge is -2.58. The summed E-state index contributed by atoms with van der Waals surface area (Å²) >= 11 is 0. The zero-order chi connectivity index (χ0) is 19.5. The minimum Gasteiger partial charge on any atom is -0.446 e. The highest BCUT2D eigenvalue weighted by atomic mass is 16.6. The first-order chi connectivity index (χ1) is 13.4. The molecule has 3 unspecified atom stereocenters. The largest absolute Gasteiger partial charge is 0.446 e. The number of amides is 2. The van der Waals surface area contributed by atoms with E-state index in [1.54, 1.807) is 4.90 Å². The molecule has 2 heterocycles. The fourth-order valence-electron chi connectivity index (χ4n) is 6.46. The molecule has 0 spiro atoms. The van der Waals surface area contributed by atoms with Gasteiger partial charge in [0.2, 0.25) is 5.91 Å². The van der Waals surface area contributed by atoms with Crippen molar-refractivity contribution in [3.8, 4) is 0 Å². The maximum absolute atomic E-state index is 12.9. The standard InChI is InChI=1S/C21H28N4O3/c1-12-2-3-17(24-23-12)14-4-5-25(11-14)20(27)28-18-15-6-13-7-16(18)10-21(8-13,9-15)19(22)26/h2-3,13-16,18H,4-11H2,1H3,(H2,22,26)/t13?,14?,15?,16?,18-,21-. The quantitative estimate of drug-likeness (QED) is 0.863. The topological polar surface area (TPSA) is 98.4 Å². The molecule has 7 heteroatoms. The van der Waals surface area contributed by atoms with Gasteiger partial charge >= 0.3 is 6.09 Å². The van der Waals surface area contributed by atoms with Gasteiger partial charge in [0, 0.05) is 19.0 Å². The van der Waals surface area contributed by atoms with Gasteiger partial charge in [0.25, 0.3) is 0 Å². The molecule has 4 bridgehead atoms. The Balaban J connectivity index is 1.23. The SMILES string of the molecule is Cc1ccc(C2CCN(C(=O)O[C@H]3C4CC5CC3C[C@](C(N)=O)(C5)C4)C2)nn1. The second-order valence-corrected chi connectivity index (χ2v) is 9.49. The van der Waals surface area contributed by atoms with E-state index in [-0.39, 0.29) is 41.3 Å². The number of carbonyl (C=O) groups excluding carboxylic acids is 2. The number of aryl methyl sites for hydroxylation is 1. The molecule has 150 valence electrons.